The lowest BCUT2D eigenvalue weighted by molar-refractivity contribution is 0.128. The first-order chi connectivity index (χ1) is 4.91. The molecule has 0 spiro atoms. The maximum absolute atomic E-state index is 4.64. The van der Waals surface area contributed by atoms with E-state index in [-0.39, 0.29) is 0 Å². The van der Waals surface area contributed by atoms with Gasteiger partial charge in [-0.2, -0.15) is 0 Å². The van der Waals surface area contributed by atoms with Crippen molar-refractivity contribution in [3.8, 4) is 0 Å². The second kappa shape index (κ2) is 8.98. The maximum atomic E-state index is 4.64. The zero-order chi connectivity index (χ0) is 7.66. The van der Waals surface area contributed by atoms with Gasteiger partial charge in [-0.1, -0.05) is 33.1 Å². The monoisotopic (exact) mass is 142 g/mol. The molecule has 0 unspecified atom stereocenters. The Labute approximate surface area is 64.6 Å². The van der Waals surface area contributed by atoms with E-state index in [1.165, 1.54) is 19.3 Å². The highest BCUT2D eigenvalue weighted by atomic mass is 16.6. The van der Waals surface area contributed by atoms with E-state index in [0.29, 0.717) is 0 Å². The second-order valence-corrected chi connectivity index (χ2v) is 2.31. The zero-order valence-corrected chi connectivity index (χ0v) is 7.02. The van der Waals surface area contributed by atoms with Crippen molar-refractivity contribution in [3.63, 3.8) is 0 Å². The van der Waals surface area contributed by atoms with Crippen LogP contribution in [0, 0.1) is 0 Å². The van der Waals surface area contributed by atoms with Crippen LogP contribution in [-0.4, -0.2) is 14.0 Å². The Morgan fingerprint density at radius 1 is 1.40 bits per heavy atom. The highest BCUT2D eigenvalue weighted by Crippen LogP contribution is 1.88. The Kier molecular flexibility index (Phi) is 8.97. The van der Waals surface area contributed by atoms with Gasteiger partial charge in [-0.3, -0.25) is 5.39 Å². The maximum Gasteiger partial charge on any atom is 0.244 e. The molecule has 0 aromatic carbocycles. The summed E-state index contributed by atoms with van der Waals surface area (Å²) < 4.78 is 0. The van der Waals surface area contributed by atoms with Crippen molar-refractivity contribution in [1.82, 2.24) is 5.39 Å². The average Bonchev–Trinajstić information content (AvgIpc) is 2.44. The highest BCUT2D eigenvalue weighted by Gasteiger charge is 1.96. The molecular weight excluding hydrogens is 125 g/mol. The molecule has 1 N–H and O–H groups in total. The third kappa shape index (κ3) is 7.98. The first-order valence-electron chi connectivity index (χ1n) is 4.10. The van der Waals surface area contributed by atoms with E-state index in [4.69, 9.17) is 0 Å². The smallest absolute Gasteiger partial charge is 0.244 e. The summed E-state index contributed by atoms with van der Waals surface area (Å²) in [4.78, 5) is 4.64. The SMILES string of the molecule is CCCCC.[B]1CCON1. The molecule has 1 heterocycles. The molecule has 0 amide bonds. The minimum atomic E-state index is 0.833. The Morgan fingerprint density at radius 3 is 2.20 bits per heavy atom. The topological polar surface area (TPSA) is 21.3 Å². The predicted octanol–water partition coefficient (Wildman–Crippen LogP) is 1.76. The minimum absolute atomic E-state index is 0.833. The fraction of sp³-hybridized carbons (Fsp3) is 1.00. The first kappa shape index (κ1) is 9.98. The van der Waals surface area contributed by atoms with Gasteiger partial charge in [0.1, 0.15) is 0 Å². The van der Waals surface area contributed by atoms with Crippen molar-refractivity contribution in [2.45, 2.75) is 39.4 Å². The fourth-order valence-corrected chi connectivity index (χ4v) is 0.648. The molecule has 59 valence electrons. The van der Waals surface area contributed by atoms with Crippen LogP contribution in [-0.2, 0) is 4.84 Å². The first-order valence-corrected chi connectivity index (χ1v) is 4.10. The van der Waals surface area contributed by atoms with Gasteiger partial charge in [0.15, 0.2) is 0 Å². The van der Waals surface area contributed by atoms with Crippen molar-refractivity contribution < 1.29 is 4.84 Å². The summed E-state index contributed by atoms with van der Waals surface area (Å²) in [6.45, 7) is 5.26. The van der Waals surface area contributed by atoms with Crippen molar-refractivity contribution >= 4 is 7.41 Å². The van der Waals surface area contributed by atoms with Crippen LogP contribution in [0.5, 0.6) is 0 Å². The van der Waals surface area contributed by atoms with Crippen LogP contribution in [0.1, 0.15) is 33.1 Å². The van der Waals surface area contributed by atoms with E-state index >= 15 is 0 Å². The highest BCUT2D eigenvalue weighted by molar-refractivity contribution is 6.32. The van der Waals surface area contributed by atoms with Gasteiger partial charge < -0.3 is 4.84 Å². The summed E-state index contributed by atoms with van der Waals surface area (Å²) in [5.41, 5.74) is 0. The van der Waals surface area contributed by atoms with E-state index in [0.717, 1.165) is 12.9 Å². The standard InChI is InChI=1S/C5H12.C2H5BNO/c1-3-5-4-2;1-2-5-4-3-1/h3-5H2,1-2H3;4H,1-2H2. The van der Waals surface area contributed by atoms with Gasteiger partial charge >= 0.3 is 0 Å². The summed E-state index contributed by atoms with van der Waals surface area (Å²) >= 11 is 0. The Morgan fingerprint density at radius 2 is 2.10 bits per heavy atom. The number of rotatable bonds is 2. The third-order valence-electron chi connectivity index (χ3n) is 1.24. The molecule has 1 saturated heterocycles. The number of hydrogen-bond donors (Lipinski definition) is 1. The third-order valence-corrected chi connectivity index (χ3v) is 1.24. The van der Waals surface area contributed by atoms with Gasteiger partial charge in [-0.05, 0) is 6.32 Å². The summed E-state index contributed by atoms with van der Waals surface area (Å²) in [5.74, 6) is 0. The Hall–Kier alpha value is -0.0151. The second-order valence-electron chi connectivity index (χ2n) is 2.31. The van der Waals surface area contributed by atoms with Crippen molar-refractivity contribution in [1.29, 1.82) is 0 Å². The molecule has 0 aromatic rings. The van der Waals surface area contributed by atoms with Gasteiger partial charge in [0.25, 0.3) is 0 Å². The van der Waals surface area contributed by atoms with Crippen LogP contribution in [0.15, 0.2) is 0 Å². The molecule has 0 aromatic heterocycles. The molecule has 0 aliphatic carbocycles. The molecule has 0 atom stereocenters. The molecule has 0 bridgehead atoms. The lowest BCUT2D eigenvalue weighted by Crippen LogP contribution is -2.05. The molecule has 2 nitrogen and oxygen atoms in total. The van der Waals surface area contributed by atoms with E-state index < -0.39 is 0 Å². The van der Waals surface area contributed by atoms with Crippen LogP contribution < -0.4 is 5.39 Å². The van der Waals surface area contributed by atoms with Gasteiger partial charge in [-0.25, -0.2) is 0 Å². The predicted molar refractivity (Wildman–Crippen MR) is 44.8 cm³/mol. The quantitative estimate of drug-likeness (QED) is 0.593. The lowest BCUT2D eigenvalue weighted by atomic mass is 9.94. The van der Waals surface area contributed by atoms with Crippen molar-refractivity contribution in [3.05, 3.63) is 0 Å². The molecule has 1 radical (unpaired) electrons. The lowest BCUT2D eigenvalue weighted by Gasteiger charge is -1.80. The van der Waals surface area contributed by atoms with Gasteiger partial charge in [0.05, 0.1) is 6.61 Å². The molecule has 10 heavy (non-hydrogen) atoms. The van der Waals surface area contributed by atoms with Crippen molar-refractivity contribution in [2.75, 3.05) is 6.61 Å². The average molecular weight is 142 g/mol. The zero-order valence-electron chi connectivity index (χ0n) is 7.02. The molecule has 0 saturated carbocycles. The molecule has 1 aliphatic heterocycles. The van der Waals surface area contributed by atoms with Crippen LogP contribution >= 0.6 is 0 Å². The van der Waals surface area contributed by atoms with Crippen LogP contribution in [0.25, 0.3) is 0 Å². The molecule has 1 aliphatic rings. The van der Waals surface area contributed by atoms with E-state index in [9.17, 15) is 0 Å². The fourth-order valence-electron chi connectivity index (χ4n) is 0.648. The summed E-state index contributed by atoms with van der Waals surface area (Å²) in [7, 11) is 1.89. The number of nitrogens with one attached hydrogen (secondary N) is 1. The number of unbranched alkanes of at least 4 members (excludes halogenated alkanes) is 2. The Bertz CT molecular complexity index is 48.0. The van der Waals surface area contributed by atoms with Crippen LogP contribution in [0.3, 0.4) is 0 Å². The molecule has 1 rings (SSSR count). The number of hydrogen-bond acceptors (Lipinski definition) is 2. The van der Waals surface area contributed by atoms with Gasteiger partial charge in [0.2, 0.25) is 7.41 Å². The molecule has 1 fully saturated rings. The molecule has 3 heteroatoms. The largest absolute Gasteiger partial charge is 0.315 e. The van der Waals surface area contributed by atoms with Gasteiger partial charge in [0, 0.05) is 0 Å². The van der Waals surface area contributed by atoms with E-state index in [1.54, 1.807) is 0 Å². The van der Waals surface area contributed by atoms with Crippen molar-refractivity contribution in [2.24, 2.45) is 0 Å². The van der Waals surface area contributed by atoms with Crippen LogP contribution in [0.2, 0.25) is 6.32 Å². The van der Waals surface area contributed by atoms with E-state index in [1.807, 2.05) is 7.41 Å². The normalized spacial score (nSPS) is 15.4. The van der Waals surface area contributed by atoms with Crippen LogP contribution in [0.4, 0.5) is 0 Å². The van der Waals surface area contributed by atoms with Gasteiger partial charge in [-0.15, -0.1) is 0 Å². The minimum Gasteiger partial charge on any atom is -0.315 e. The summed E-state index contributed by atoms with van der Waals surface area (Å²) in [5, 5.41) is 2.60. The molecular formula is C7H17BNO. The summed E-state index contributed by atoms with van der Waals surface area (Å²) in [6.07, 6.45) is 5.12. The Balaban J connectivity index is 0.000000162. The summed E-state index contributed by atoms with van der Waals surface area (Å²) in [6, 6.07) is 0. The van der Waals surface area contributed by atoms with E-state index in [2.05, 4.69) is 24.1 Å².